The third kappa shape index (κ3) is 4.24. The number of carbonyl (C=O) groups is 1. The highest BCUT2D eigenvalue weighted by atomic mass is 16.5. The van der Waals surface area contributed by atoms with Crippen LogP contribution in [-0.4, -0.2) is 56.2 Å². The predicted molar refractivity (Wildman–Crippen MR) is 94.1 cm³/mol. The molecule has 0 unspecified atom stereocenters. The maximum absolute atomic E-state index is 12.5. The fourth-order valence-corrected chi connectivity index (χ4v) is 2.85. The number of furan rings is 1. The van der Waals surface area contributed by atoms with Crippen molar-refractivity contribution in [3.05, 3.63) is 42.4 Å². The SMILES string of the molecule is COc1ccc(NC(=O)N2CCN(Cc3ccco3)CC2)cc1OC. The second kappa shape index (κ2) is 7.94. The van der Waals surface area contributed by atoms with E-state index in [1.54, 1.807) is 38.7 Å². The van der Waals surface area contributed by atoms with E-state index < -0.39 is 0 Å². The van der Waals surface area contributed by atoms with Gasteiger partial charge in [-0.15, -0.1) is 0 Å². The van der Waals surface area contributed by atoms with Gasteiger partial charge in [0.15, 0.2) is 11.5 Å². The summed E-state index contributed by atoms with van der Waals surface area (Å²) in [6.07, 6.45) is 1.68. The molecular formula is C18H23N3O4. The van der Waals surface area contributed by atoms with Gasteiger partial charge in [0.25, 0.3) is 0 Å². The lowest BCUT2D eigenvalue weighted by atomic mass is 10.2. The predicted octanol–water partition coefficient (Wildman–Crippen LogP) is 2.65. The Kier molecular flexibility index (Phi) is 5.45. The van der Waals surface area contributed by atoms with E-state index >= 15 is 0 Å². The van der Waals surface area contributed by atoms with Crippen molar-refractivity contribution in [1.82, 2.24) is 9.80 Å². The molecule has 1 aromatic carbocycles. The summed E-state index contributed by atoms with van der Waals surface area (Å²) in [6.45, 7) is 3.78. The van der Waals surface area contributed by atoms with Crippen LogP contribution in [0, 0.1) is 0 Å². The number of nitrogens with one attached hydrogen (secondary N) is 1. The molecule has 0 radical (unpaired) electrons. The number of ether oxygens (including phenoxy) is 2. The van der Waals surface area contributed by atoms with E-state index in [4.69, 9.17) is 13.9 Å². The van der Waals surface area contributed by atoms with Gasteiger partial charge >= 0.3 is 6.03 Å². The Morgan fingerprint density at radius 1 is 1.12 bits per heavy atom. The van der Waals surface area contributed by atoms with Gasteiger partial charge in [-0.2, -0.15) is 0 Å². The normalized spacial score (nSPS) is 15.0. The number of piperazine rings is 1. The molecule has 2 heterocycles. The van der Waals surface area contributed by atoms with E-state index in [-0.39, 0.29) is 6.03 Å². The zero-order valence-corrected chi connectivity index (χ0v) is 14.5. The molecule has 0 spiro atoms. The summed E-state index contributed by atoms with van der Waals surface area (Å²) in [5.74, 6) is 2.17. The molecule has 2 aromatic rings. The van der Waals surface area contributed by atoms with E-state index in [9.17, 15) is 4.79 Å². The van der Waals surface area contributed by atoms with Gasteiger partial charge in [0.1, 0.15) is 5.76 Å². The Morgan fingerprint density at radius 3 is 2.52 bits per heavy atom. The van der Waals surface area contributed by atoms with Crippen LogP contribution in [0.2, 0.25) is 0 Å². The fraction of sp³-hybridized carbons (Fsp3) is 0.389. The van der Waals surface area contributed by atoms with Crippen LogP contribution in [0.25, 0.3) is 0 Å². The monoisotopic (exact) mass is 345 g/mol. The van der Waals surface area contributed by atoms with E-state index in [1.165, 1.54) is 0 Å². The summed E-state index contributed by atoms with van der Waals surface area (Å²) < 4.78 is 15.8. The standard InChI is InChI=1S/C18H23N3O4/c1-23-16-6-5-14(12-17(16)24-2)19-18(22)21-9-7-20(8-10-21)13-15-4-3-11-25-15/h3-6,11-12H,7-10,13H2,1-2H3,(H,19,22). The molecule has 1 aliphatic heterocycles. The molecule has 25 heavy (non-hydrogen) atoms. The molecule has 7 nitrogen and oxygen atoms in total. The number of urea groups is 1. The number of amides is 2. The van der Waals surface area contributed by atoms with E-state index in [2.05, 4.69) is 10.2 Å². The maximum Gasteiger partial charge on any atom is 0.321 e. The largest absolute Gasteiger partial charge is 0.493 e. The van der Waals surface area contributed by atoms with Gasteiger partial charge < -0.3 is 24.1 Å². The van der Waals surface area contributed by atoms with Crippen molar-refractivity contribution in [2.45, 2.75) is 6.54 Å². The zero-order valence-electron chi connectivity index (χ0n) is 14.5. The molecule has 0 saturated carbocycles. The second-order valence-corrected chi connectivity index (χ2v) is 5.84. The first-order valence-electron chi connectivity index (χ1n) is 8.22. The van der Waals surface area contributed by atoms with Gasteiger partial charge in [-0.3, -0.25) is 4.90 Å². The quantitative estimate of drug-likeness (QED) is 0.902. The van der Waals surface area contributed by atoms with Crippen LogP contribution in [0.15, 0.2) is 41.0 Å². The Morgan fingerprint density at radius 2 is 1.88 bits per heavy atom. The third-order valence-corrected chi connectivity index (χ3v) is 4.25. The summed E-state index contributed by atoms with van der Waals surface area (Å²) >= 11 is 0. The van der Waals surface area contributed by atoms with Crippen LogP contribution in [0.4, 0.5) is 10.5 Å². The first-order valence-corrected chi connectivity index (χ1v) is 8.22. The molecule has 134 valence electrons. The van der Waals surface area contributed by atoms with Crippen molar-refractivity contribution in [1.29, 1.82) is 0 Å². The number of hydrogen-bond donors (Lipinski definition) is 1. The molecule has 7 heteroatoms. The highest BCUT2D eigenvalue weighted by Crippen LogP contribution is 2.29. The molecule has 1 saturated heterocycles. The van der Waals surface area contributed by atoms with Gasteiger partial charge in [0, 0.05) is 37.9 Å². The molecule has 0 bridgehead atoms. The van der Waals surface area contributed by atoms with Crippen molar-refractivity contribution in [2.24, 2.45) is 0 Å². The lowest BCUT2D eigenvalue weighted by Gasteiger charge is -2.34. The molecular weight excluding hydrogens is 322 g/mol. The van der Waals surface area contributed by atoms with Crippen LogP contribution in [0.3, 0.4) is 0 Å². The minimum absolute atomic E-state index is 0.107. The zero-order chi connectivity index (χ0) is 17.6. The highest BCUT2D eigenvalue weighted by Gasteiger charge is 2.22. The Hall–Kier alpha value is -2.67. The van der Waals surface area contributed by atoms with Crippen molar-refractivity contribution in [2.75, 3.05) is 45.7 Å². The summed E-state index contributed by atoms with van der Waals surface area (Å²) in [5.41, 5.74) is 0.681. The number of hydrogen-bond acceptors (Lipinski definition) is 5. The number of benzene rings is 1. The minimum atomic E-state index is -0.107. The maximum atomic E-state index is 12.5. The van der Waals surface area contributed by atoms with E-state index in [0.29, 0.717) is 30.3 Å². The van der Waals surface area contributed by atoms with Gasteiger partial charge in [-0.05, 0) is 24.3 Å². The summed E-state index contributed by atoms with van der Waals surface area (Å²) in [7, 11) is 3.15. The average molecular weight is 345 g/mol. The second-order valence-electron chi connectivity index (χ2n) is 5.84. The molecule has 1 aliphatic rings. The van der Waals surface area contributed by atoms with Gasteiger partial charge in [0.2, 0.25) is 0 Å². The Balaban J connectivity index is 1.52. The summed E-state index contributed by atoms with van der Waals surface area (Å²) in [4.78, 5) is 16.5. The molecule has 0 atom stereocenters. The van der Waals surface area contributed by atoms with Crippen LogP contribution in [-0.2, 0) is 6.54 Å². The summed E-state index contributed by atoms with van der Waals surface area (Å²) in [6, 6.07) is 9.08. The van der Waals surface area contributed by atoms with Crippen molar-refractivity contribution in [3.8, 4) is 11.5 Å². The van der Waals surface area contributed by atoms with Crippen molar-refractivity contribution < 1.29 is 18.7 Å². The van der Waals surface area contributed by atoms with E-state index in [1.807, 2.05) is 17.0 Å². The number of anilines is 1. The number of methoxy groups -OCH3 is 2. The molecule has 1 N–H and O–H groups in total. The van der Waals surface area contributed by atoms with Crippen LogP contribution >= 0.6 is 0 Å². The Bertz CT molecular complexity index is 694. The number of carbonyl (C=O) groups excluding carboxylic acids is 1. The van der Waals surface area contributed by atoms with Crippen molar-refractivity contribution >= 4 is 11.7 Å². The van der Waals surface area contributed by atoms with Gasteiger partial charge in [-0.25, -0.2) is 4.79 Å². The number of nitrogens with zero attached hydrogens (tertiary/aromatic N) is 2. The molecule has 1 aromatic heterocycles. The smallest absolute Gasteiger partial charge is 0.321 e. The first-order chi connectivity index (χ1) is 12.2. The average Bonchev–Trinajstić information content (AvgIpc) is 3.15. The molecule has 1 fully saturated rings. The molecule has 0 aliphatic carbocycles. The van der Waals surface area contributed by atoms with Crippen LogP contribution < -0.4 is 14.8 Å². The molecule has 3 rings (SSSR count). The topological polar surface area (TPSA) is 67.2 Å². The lowest BCUT2D eigenvalue weighted by molar-refractivity contribution is 0.137. The first kappa shape index (κ1) is 17.2. The highest BCUT2D eigenvalue weighted by molar-refractivity contribution is 5.89. The molecule has 2 amide bonds. The van der Waals surface area contributed by atoms with E-state index in [0.717, 1.165) is 25.4 Å². The number of rotatable bonds is 5. The lowest BCUT2D eigenvalue weighted by Crippen LogP contribution is -2.49. The van der Waals surface area contributed by atoms with Crippen LogP contribution in [0.1, 0.15) is 5.76 Å². The van der Waals surface area contributed by atoms with Crippen molar-refractivity contribution in [3.63, 3.8) is 0 Å². The fourth-order valence-electron chi connectivity index (χ4n) is 2.85. The Labute approximate surface area is 147 Å². The minimum Gasteiger partial charge on any atom is -0.493 e. The van der Waals surface area contributed by atoms with Crippen LogP contribution in [0.5, 0.6) is 11.5 Å². The van der Waals surface area contributed by atoms with Gasteiger partial charge in [0.05, 0.1) is 27.0 Å². The third-order valence-electron chi connectivity index (χ3n) is 4.25. The summed E-state index contributed by atoms with van der Waals surface area (Å²) in [5, 5.41) is 2.91. The van der Waals surface area contributed by atoms with Gasteiger partial charge in [-0.1, -0.05) is 0 Å².